The smallest absolute Gasteiger partial charge is 0.331 e. The highest BCUT2D eigenvalue weighted by Gasteiger charge is 2.08. The lowest BCUT2D eigenvalue weighted by Crippen LogP contribution is -2.05. The average Bonchev–Trinajstić information content (AvgIpc) is 1.64. The lowest BCUT2D eigenvalue weighted by Gasteiger charge is -2.02. The summed E-state index contributed by atoms with van der Waals surface area (Å²) >= 11 is 0. The first-order valence-corrected chi connectivity index (χ1v) is 2.99. The van der Waals surface area contributed by atoms with E-state index in [4.69, 9.17) is 5.11 Å². The largest absolute Gasteiger partial charge is 0.478 e. The van der Waals surface area contributed by atoms with E-state index in [1.165, 1.54) is 0 Å². The Labute approximate surface area is 55.2 Å². The van der Waals surface area contributed by atoms with Crippen molar-refractivity contribution in [3.8, 4) is 0 Å². The highest BCUT2D eigenvalue weighted by molar-refractivity contribution is 5.86. The Kier molecular flexibility index (Phi) is 2.99. The molecular formula is C7H12O2. The number of hydrogen-bond acceptors (Lipinski definition) is 1. The average molecular weight is 128 g/mol. The zero-order valence-electron chi connectivity index (χ0n) is 6.01. The van der Waals surface area contributed by atoms with E-state index in [0.29, 0.717) is 5.57 Å². The number of rotatable bonds is 2. The van der Waals surface area contributed by atoms with Gasteiger partial charge in [-0.3, -0.25) is 0 Å². The molecule has 2 nitrogen and oxygen atoms in total. The Hall–Kier alpha value is -0.790. The fourth-order valence-electron chi connectivity index (χ4n) is 0.704. The van der Waals surface area contributed by atoms with Crippen molar-refractivity contribution in [2.45, 2.75) is 20.8 Å². The van der Waals surface area contributed by atoms with Crippen LogP contribution in [-0.2, 0) is 4.79 Å². The van der Waals surface area contributed by atoms with Crippen molar-refractivity contribution in [2.75, 3.05) is 0 Å². The molecule has 9 heavy (non-hydrogen) atoms. The van der Waals surface area contributed by atoms with E-state index in [-0.39, 0.29) is 5.92 Å². The molecule has 0 fully saturated rings. The maximum atomic E-state index is 10.3. The predicted octanol–water partition coefficient (Wildman–Crippen LogP) is 1.67. The number of hydrogen-bond donors (Lipinski definition) is 1. The number of carboxylic acid groups (broad SMARTS) is 1. The Balaban J connectivity index is 4.19. The molecular weight excluding hydrogens is 116 g/mol. The van der Waals surface area contributed by atoms with Crippen LogP contribution in [0.15, 0.2) is 11.6 Å². The standard InChI is InChI=1S/C7H12O2/c1-4-6(5(2)3)7(8)9/h4-5H,1-3H3,(H,8,9)/b6-4+. The van der Waals surface area contributed by atoms with Crippen molar-refractivity contribution < 1.29 is 9.90 Å². The number of carbonyl (C=O) groups is 1. The summed E-state index contributed by atoms with van der Waals surface area (Å²) in [6.45, 7) is 5.47. The van der Waals surface area contributed by atoms with Crippen molar-refractivity contribution >= 4 is 5.97 Å². The molecule has 0 amide bonds. The van der Waals surface area contributed by atoms with E-state index in [1.54, 1.807) is 13.0 Å². The maximum absolute atomic E-state index is 10.3. The van der Waals surface area contributed by atoms with Gasteiger partial charge in [-0.05, 0) is 12.8 Å². The van der Waals surface area contributed by atoms with Gasteiger partial charge in [-0.2, -0.15) is 0 Å². The Morgan fingerprint density at radius 1 is 1.56 bits per heavy atom. The van der Waals surface area contributed by atoms with Crippen LogP contribution in [-0.4, -0.2) is 11.1 Å². The highest BCUT2D eigenvalue weighted by atomic mass is 16.4. The van der Waals surface area contributed by atoms with E-state index in [2.05, 4.69) is 0 Å². The van der Waals surface area contributed by atoms with Crippen LogP contribution in [0.1, 0.15) is 20.8 Å². The molecule has 0 unspecified atom stereocenters. The second-order valence-corrected chi connectivity index (χ2v) is 2.20. The molecule has 0 spiro atoms. The van der Waals surface area contributed by atoms with Gasteiger partial charge in [-0.15, -0.1) is 0 Å². The van der Waals surface area contributed by atoms with Gasteiger partial charge in [0.1, 0.15) is 0 Å². The SMILES string of the molecule is C/C=C(/C(=O)O)C(C)C. The van der Waals surface area contributed by atoms with Crippen molar-refractivity contribution in [3.63, 3.8) is 0 Å². The minimum absolute atomic E-state index is 0.118. The molecule has 0 rings (SSSR count). The fourth-order valence-corrected chi connectivity index (χ4v) is 0.704. The van der Waals surface area contributed by atoms with Crippen LogP contribution in [0, 0.1) is 5.92 Å². The van der Waals surface area contributed by atoms with E-state index in [0.717, 1.165) is 0 Å². The summed E-state index contributed by atoms with van der Waals surface area (Å²) in [5, 5.41) is 8.48. The Bertz CT molecular complexity index is 134. The first-order chi connectivity index (χ1) is 4.09. The summed E-state index contributed by atoms with van der Waals surface area (Å²) in [6.07, 6.45) is 1.63. The molecule has 2 heteroatoms. The van der Waals surface area contributed by atoms with E-state index < -0.39 is 5.97 Å². The van der Waals surface area contributed by atoms with Gasteiger partial charge in [0.15, 0.2) is 0 Å². The van der Waals surface area contributed by atoms with Gasteiger partial charge >= 0.3 is 5.97 Å². The molecule has 0 saturated heterocycles. The molecule has 0 radical (unpaired) electrons. The van der Waals surface area contributed by atoms with E-state index in [9.17, 15) is 4.79 Å². The predicted molar refractivity (Wildman–Crippen MR) is 36.2 cm³/mol. The highest BCUT2D eigenvalue weighted by Crippen LogP contribution is 2.07. The maximum Gasteiger partial charge on any atom is 0.331 e. The van der Waals surface area contributed by atoms with Crippen LogP contribution in [0.3, 0.4) is 0 Å². The van der Waals surface area contributed by atoms with Gasteiger partial charge in [0.2, 0.25) is 0 Å². The van der Waals surface area contributed by atoms with Crippen molar-refractivity contribution in [2.24, 2.45) is 5.92 Å². The monoisotopic (exact) mass is 128 g/mol. The molecule has 52 valence electrons. The van der Waals surface area contributed by atoms with Crippen molar-refractivity contribution in [1.29, 1.82) is 0 Å². The number of allylic oxidation sites excluding steroid dienone is 1. The summed E-state index contributed by atoms with van der Waals surface area (Å²) in [5.41, 5.74) is 0.481. The number of aliphatic carboxylic acids is 1. The topological polar surface area (TPSA) is 37.3 Å². The first-order valence-electron chi connectivity index (χ1n) is 2.99. The molecule has 0 aromatic rings. The lowest BCUT2D eigenvalue weighted by molar-refractivity contribution is -0.133. The summed E-state index contributed by atoms with van der Waals surface area (Å²) in [6, 6.07) is 0. The first kappa shape index (κ1) is 8.21. The fraction of sp³-hybridized carbons (Fsp3) is 0.571. The van der Waals surface area contributed by atoms with E-state index in [1.807, 2.05) is 13.8 Å². The molecule has 0 saturated carbocycles. The minimum Gasteiger partial charge on any atom is -0.478 e. The van der Waals surface area contributed by atoms with Crippen LogP contribution in [0.2, 0.25) is 0 Å². The van der Waals surface area contributed by atoms with Gasteiger partial charge in [0, 0.05) is 5.57 Å². The van der Waals surface area contributed by atoms with Gasteiger partial charge in [-0.25, -0.2) is 4.79 Å². The number of carboxylic acids is 1. The summed E-state index contributed by atoms with van der Waals surface area (Å²) in [4.78, 5) is 10.3. The van der Waals surface area contributed by atoms with Crippen molar-refractivity contribution in [1.82, 2.24) is 0 Å². The third kappa shape index (κ3) is 2.31. The molecule has 0 aliphatic heterocycles. The van der Waals surface area contributed by atoms with Gasteiger partial charge in [0.05, 0.1) is 0 Å². The summed E-state index contributed by atoms with van der Waals surface area (Å²) in [7, 11) is 0. The minimum atomic E-state index is -0.813. The van der Waals surface area contributed by atoms with Crippen molar-refractivity contribution in [3.05, 3.63) is 11.6 Å². The van der Waals surface area contributed by atoms with Crippen LogP contribution in [0.25, 0.3) is 0 Å². The molecule has 1 N–H and O–H groups in total. The lowest BCUT2D eigenvalue weighted by atomic mass is 10.0. The van der Waals surface area contributed by atoms with Gasteiger partial charge < -0.3 is 5.11 Å². The van der Waals surface area contributed by atoms with E-state index >= 15 is 0 Å². The second kappa shape index (κ2) is 3.28. The zero-order chi connectivity index (χ0) is 7.44. The molecule has 0 aliphatic carbocycles. The molecule has 0 atom stereocenters. The summed E-state index contributed by atoms with van der Waals surface area (Å²) in [5.74, 6) is -0.694. The van der Waals surface area contributed by atoms with Crippen LogP contribution < -0.4 is 0 Å². The van der Waals surface area contributed by atoms with Crippen LogP contribution in [0.4, 0.5) is 0 Å². The normalized spacial score (nSPS) is 12.2. The molecule has 0 aliphatic rings. The van der Waals surface area contributed by atoms with Crippen LogP contribution >= 0.6 is 0 Å². The zero-order valence-corrected chi connectivity index (χ0v) is 6.01. The molecule has 0 aromatic heterocycles. The quantitative estimate of drug-likeness (QED) is 0.574. The summed E-state index contributed by atoms with van der Waals surface area (Å²) < 4.78 is 0. The van der Waals surface area contributed by atoms with Crippen LogP contribution in [0.5, 0.6) is 0 Å². The van der Waals surface area contributed by atoms with Gasteiger partial charge in [-0.1, -0.05) is 19.9 Å². The molecule has 0 bridgehead atoms. The van der Waals surface area contributed by atoms with Gasteiger partial charge in [0.25, 0.3) is 0 Å². The molecule has 0 aromatic carbocycles. The third-order valence-corrected chi connectivity index (χ3v) is 1.18. The second-order valence-electron chi connectivity index (χ2n) is 2.20. The molecule has 0 heterocycles. The Morgan fingerprint density at radius 2 is 2.00 bits per heavy atom. The Morgan fingerprint density at radius 3 is 2.00 bits per heavy atom. The third-order valence-electron chi connectivity index (χ3n) is 1.18.